The minimum Gasteiger partial charge on any atom is -0.307 e. The molecule has 0 spiro atoms. The van der Waals surface area contributed by atoms with Crippen LogP contribution in [0.2, 0.25) is 0 Å². The Morgan fingerprint density at radius 3 is 2.70 bits per heavy atom. The molecule has 3 aromatic rings. The summed E-state index contributed by atoms with van der Waals surface area (Å²) in [5, 5.41) is 1.06. The maximum Gasteiger partial charge on any atom is 0.276 e. The average molecular weight is 302 g/mol. The Bertz CT molecular complexity index is 872. The molecule has 114 valence electrons. The van der Waals surface area contributed by atoms with Gasteiger partial charge in [0.1, 0.15) is 5.69 Å². The van der Waals surface area contributed by atoms with E-state index >= 15 is 0 Å². The molecule has 2 aromatic carbocycles. The fraction of sp³-hybridized carbons (Fsp3) is 0.200. The van der Waals surface area contributed by atoms with Crippen molar-refractivity contribution in [3.05, 3.63) is 71.9 Å². The van der Waals surface area contributed by atoms with Gasteiger partial charge in [0.2, 0.25) is 0 Å². The second-order valence-electron chi connectivity index (χ2n) is 5.93. The third-order valence-corrected chi connectivity index (χ3v) is 4.42. The van der Waals surface area contributed by atoms with Gasteiger partial charge in [0.05, 0.1) is 5.52 Å². The maximum absolute atomic E-state index is 13.0. The molecule has 1 amide bonds. The summed E-state index contributed by atoms with van der Waals surface area (Å²) in [5.74, 6) is -0.00916. The van der Waals surface area contributed by atoms with Crippen molar-refractivity contribution in [1.29, 1.82) is 0 Å². The van der Waals surface area contributed by atoms with E-state index < -0.39 is 0 Å². The highest BCUT2D eigenvalue weighted by molar-refractivity contribution is 6.06. The number of aryl methyl sites for hydroxylation is 1. The van der Waals surface area contributed by atoms with Gasteiger partial charge in [-0.2, -0.15) is 0 Å². The zero-order valence-electron chi connectivity index (χ0n) is 12.9. The number of fused-ring (bicyclic) bond motifs is 2. The lowest BCUT2D eigenvalue weighted by atomic mass is 10.1. The van der Waals surface area contributed by atoms with E-state index in [0.29, 0.717) is 5.69 Å². The first-order valence-electron chi connectivity index (χ1n) is 8.08. The zero-order valence-corrected chi connectivity index (χ0v) is 12.9. The Balaban J connectivity index is 1.75. The molecule has 2 heterocycles. The van der Waals surface area contributed by atoms with Gasteiger partial charge in [-0.3, -0.25) is 4.79 Å². The van der Waals surface area contributed by atoms with Crippen LogP contribution in [0, 0.1) is 0 Å². The number of anilines is 1. The number of nitrogens with zero attached hydrogens (tertiary/aromatic N) is 2. The van der Waals surface area contributed by atoms with Crippen LogP contribution in [0.15, 0.2) is 60.7 Å². The van der Waals surface area contributed by atoms with Gasteiger partial charge in [-0.05, 0) is 43.0 Å². The van der Waals surface area contributed by atoms with Crippen molar-refractivity contribution in [2.24, 2.45) is 0 Å². The first-order valence-corrected chi connectivity index (χ1v) is 8.08. The summed E-state index contributed by atoms with van der Waals surface area (Å²) in [6.45, 7) is 0.754. The lowest BCUT2D eigenvalue weighted by Gasteiger charge is -2.22. The van der Waals surface area contributed by atoms with Crippen LogP contribution in [0.4, 0.5) is 5.69 Å². The van der Waals surface area contributed by atoms with Crippen molar-refractivity contribution in [3.8, 4) is 0 Å². The molecule has 0 radical (unpaired) electrons. The summed E-state index contributed by atoms with van der Waals surface area (Å²) in [6, 6.07) is 19.9. The number of hydrogen-bond donors (Lipinski definition) is 0. The summed E-state index contributed by atoms with van der Waals surface area (Å²) in [4.78, 5) is 19.5. The predicted octanol–water partition coefficient (Wildman–Crippen LogP) is 4.22. The van der Waals surface area contributed by atoms with Gasteiger partial charge in [0.15, 0.2) is 0 Å². The fourth-order valence-corrected chi connectivity index (χ4v) is 3.23. The van der Waals surface area contributed by atoms with E-state index in [0.717, 1.165) is 42.4 Å². The molecule has 0 atom stereocenters. The van der Waals surface area contributed by atoms with Crippen molar-refractivity contribution in [2.75, 3.05) is 11.4 Å². The van der Waals surface area contributed by atoms with Crippen LogP contribution in [-0.2, 0) is 6.42 Å². The quantitative estimate of drug-likeness (QED) is 0.674. The molecule has 1 aliphatic rings. The Kier molecular flexibility index (Phi) is 3.54. The van der Waals surface area contributed by atoms with Gasteiger partial charge in [0.25, 0.3) is 5.91 Å². The first kappa shape index (κ1) is 13.9. The van der Waals surface area contributed by atoms with E-state index in [1.807, 2.05) is 59.5 Å². The number of aromatic nitrogens is 1. The molecule has 3 nitrogen and oxygen atoms in total. The molecule has 1 aliphatic heterocycles. The molecule has 0 unspecified atom stereocenters. The highest BCUT2D eigenvalue weighted by atomic mass is 16.2. The Hall–Kier alpha value is -2.68. The molecule has 0 aliphatic carbocycles. The summed E-state index contributed by atoms with van der Waals surface area (Å²) >= 11 is 0. The second kappa shape index (κ2) is 5.84. The van der Waals surface area contributed by atoms with Gasteiger partial charge < -0.3 is 4.90 Å². The van der Waals surface area contributed by atoms with Crippen LogP contribution in [0.25, 0.3) is 10.9 Å². The molecule has 0 N–H and O–H groups in total. The van der Waals surface area contributed by atoms with Crippen molar-refractivity contribution in [3.63, 3.8) is 0 Å². The number of para-hydroxylation sites is 2. The number of carbonyl (C=O) groups is 1. The van der Waals surface area contributed by atoms with E-state index in [-0.39, 0.29) is 5.91 Å². The minimum atomic E-state index is -0.00916. The average Bonchev–Trinajstić information content (AvgIpc) is 2.83. The highest BCUT2D eigenvalue weighted by Crippen LogP contribution is 2.27. The third kappa shape index (κ3) is 2.59. The number of pyridine rings is 1. The van der Waals surface area contributed by atoms with Crippen LogP contribution in [0.5, 0.6) is 0 Å². The van der Waals surface area contributed by atoms with Crippen LogP contribution < -0.4 is 4.90 Å². The van der Waals surface area contributed by atoms with Crippen molar-refractivity contribution >= 4 is 22.5 Å². The molecule has 4 rings (SSSR count). The Morgan fingerprint density at radius 1 is 0.913 bits per heavy atom. The second-order valence-corrected chi connectivity index (χ2v) is 5.93. The summed E-state index contributed by atoms with van der Waals surface area (Å²) in [6.07, 6.45) is 3.17. The lowest BCUT2D eigenvalue weighted by Crippen LogP contribution is -2.32. The molecular formula is C20H18N2O. The zero-order chi connectivity index (χ0) is 15.6. The van der Waals surface area contributed by atoms with E-state index in [1.54, 1.807) is 0 Å². The third-order valence-electron chi connectivity index (χ3n) is 4.42. The van der Waals surface area contributed by atoms with E-state index in [4.69, 9.17) is 0 Å². The molecule has 3 heteroatoms. The van der Waals surface area contributed by atoms with Gasteiger partial charge >= 0.3 is 0 Å². The van der Waals surface area contributed by atoms with Crippen LogP contribution in [0.3, 0.4) is 0 Å². The van der Waals surface area contributed by atoms with Crippen molar-refractivity contribution < 1.29 is 4.79 Å². The number of hydrogen-bond acceptors (Lipinski definition) is 2. The van der Waals surface area contributed by atoms with Gasteiger partial charge in [-0.1, -0.05) is 42.5 Å². The number of benzene rings is 2. The smallest absolute Gasteiger partial charge is 0.276 e. The summed E-state index contributed by atoms with van der Waals surface area (Å²) in [7, 11) is 0. The molecule has 1 aromatic heterocycles. The topological polar surface area (TPSA) is 33.2 Å². The van der Waals surface area contributed by atoms with Gasteiger partial charge in [-0.25, -0.2) is 4.98 Å². The standard InChI is InChI=1S/C20H18N2O/c23-20(18-13-12-15-7-1-3-10-17(15)21-18)22-14-6-5-9-16-8-2-4-11-19(16)22/h1-4,7-8,10-13H,5-6,9,14H2. The number of amides is 1. The fourth-order valence-electron chi connectivity index (χ4n) is 3.23. The lowest BCUT2D eigenvalue weighted by molar-refractivity contribution is 0.0982. The number of carbonyl (C=O) groups excluding carboxylic acids is 1. The monoisotopic (exact) mass is 302 g/mol. The van der Waals surface area contributed by atoms with Gasteiger partial charge in [-0.15, -0.1) is 0 Å². The van der Waals surface area contributed by atoms with Crippen molar-refractivity contribution in [1.82, 2.24) is 4.98 Å². The molecule has 0 saturated heterocycles. The van der Waals surface area contributed by atoms with Crippen LogP contribution >= 0.6 is 0 Å². The van der Waals surface area contributed by atoms with E-state index in [1.165, 1.54) is 5.56 Å². The number of rotatable bonds is 1. The SMILES string of the molecule is O=C(c1ccc2ccccc2n1)N1CCCCc2ccccc21. The first-order chi connectivity index (χ1) is 11.3. The highest BCUT2D eigenvalue weighted by Gasteiger charge is 2.23. The van der Waals surface area contributed by atoms with Crippen LogP contribution in [0.1, 0.15) is 28.9 Å². The normalized spacial score (nSPS) is 14.3. The van der Waals surface area contributed by atoms with Crippen molar-refractivity contribution in [2.45, 2.75) is 19.3 Å². The molecule has 0 saturated carbocycles. The maximum atomic E-state index is 13.0. The van der Waals surface area contributed by atoms with E-state index in [2.05, 4.69) is 11.1 Å². The Morgan fingerprint density at radius 2 is 1.74 bits per heavy atom. The molecule has 23 heavy (non-hydrogen) atoms. The van der Waals surface area contributed by atoms with Gasteiger partial charge in [0, 0.05) is 17.6 Å². The molecular weight excluding hydrogens is 284 g/mol. The summed E-state index contributed by atoms with van der Waals surface area (Å²) in [5.41, 5.74) is 3.66. The largest absolute Gasteiger partial charge is 0.307 e. The molecule has 0 bridgehead atoms. The predicted molar refractivity (Wildman–Crippen MR) is 92.8 cm³/mol. The van der Waals surface area contributed by atoms with Crippen LogP contribution in [-0.4, -0.2) is 17.4 Å². The minimum absolute atomic E-state index is 0.00916. The summed E-state index contributed by atoms with van der Waals surface area (Å²) < 4.78 is 0. The Labute approximate surface area is 135 Å². The van der Waals surface area contributed by atoms with E-state index in [9.17, 15) is 4.79 Å². The molecule has 0 fully saturated rings.